The van der Waals surface area contributed by atoms with Gasteiger partial charge in [-0.1, -0.05) is 54.1 Å². The number of para-hydroxylation sites is 1. The molecule has 0 fully saturated rings. The number of phenolic OH excluding ortho intramolecular Hbond substituents is 1. The fourth-order valence-electron chi connectivity index (χ4n) is 3.60. The molecule has 2 N–H and O–H groups in total. The maximum atomic E-state index is 11.7. The molecule has 1 heterocycles. The molecule has 4 rings (SSSR count). The van der Waals surface area contributed by atoms with Gasteiger partial charge in [0.25, 0.3) is 0 Å². The van der Waals surface area contributed by atoms with E-state index in [-0.39, 0.29) is 23.9 Å². The Balaban J connectivity index is 1.71. The maximum absolute atomic E-state index is 11.7. The van der Waals surface area contributed by atoms with Crippen molar-refractivity contribution in [2.75, 3.05) is 7.11 Å². The number of hydrogen-bond donors (Lipinski definition) is 2. The van der Waals surface area contributed by atoms with Crippen molar-refractivity contribution < 1.29 is 14.6 Å². The number of halogens is 1. The van der Waals surface area contributed by atoms with Crippen molar-refractivity contribution >= 4 is 23.3 Å². The summed E-state index contributed by atoms with van der Waals surface area (Å²) in [5, 5.41) is 14.6. The minimum atomic E-state index is -0.379. The third kappa shape index (κ3) is 4.22. The second kappa shape index (κ2) is 8.69. The smallest absolute Gasteiger partial charge is 0.337 e. The lowest BCUT2D eigenvalue weighted by molar-refractivity contribution is 0.0600. The summed E-state index contributed by atoms with van der Waals surface area (Å²) in [7, 11) is 1.36. The second-order valence-electron chi connectivity index (χ2n) is 7.08. The van der Waals surface area contributed by atoms with E-state index >= 15 is 0 Å². The number of nitrogens with zero attached hydrogens (tertiary/aromatic N) is 1. The van der Waals surface area contributed by atoms with E-state index in [1.807, 2.05) is 48.5 Å². The predicted octanol–water partition coefficient (Wildman–Crippen LogP) is 5.05. The minimum Gasteiger partial charge on any atom is -0.508 e. The van der Waals surface area contributed by atoms with Crippen LogP contribution in [0.3, 0.4) is 0 Å². The Kier molecular flexibility index (Phi) is 5.84. The number of ether oxygens (including phenoxy) is 1. The highest BCUT2D eigenvalue weighted by Gasteiger charge is 2.27. The number of nitrogens with one attached hydrogen (secondary N) is 1. The Labute approximate surface area is 180 Å². The van der Waals surface area contributed by atoms with Gasteiger partial charge in [0, 0.05) is 28.8 Å². The monoisotopic (exact) mass is 420 g/mol. The Morgan fingerprint density at radius 3 is 2.43 bits per heavy atom. The molecule has 0 amide bonds. The largest absolute Gasteiger partial charge is 0.508 e. The van der Waals surface area contributed by atoms with E-state index in [9.17, 15) is 9.90 Å². The lowest BCUT2D eigenvalue weighted by Gasteiger charge is -2.31. The summed E-state index contributed by atoms with van der Waals surface area (Å²) in [5.41, 5.74) is 4.11. The molecule has 5 nitrogen and oxygen atoms in total. The quantitative estimate of drug-likeness (QED) is 0.579. The first kappa shape index (κ1) is 20.1. The van der Waals surface area contributed by atoms with Crippen LogP contribution in [0.5, 0.6) is 5.75 Å². The Bertz CT molecular complexity index is 1080. The number of methoxy groups -OCH3 is 1. The Morgan fingerprint density at radius 2 is 1.77 bits per heavy atom. The highest BCUT2D eigenvalue weighted by molar-refractivity contribution is 6.30. The molecular weight excluding hydrogens is 400 g/mol. The van der Waals surface area contributed by atoms with Crippen LogP contribution in [-0.4, -0.2) is 23.9 Å². The molecule has 3 aromatic rings. The van der Waals surface area contributed by atoms with Crippen LogP contribution in [0.1, 0.15) is 45.7 Å². The van der Waals surface area contributed by atoms with E-state index in [4.69, 9.17) is 21.3 Å². The first-order chi connectivity index (χ1) is 14.5. The summed E-state index contributed by atoms with van der Waals surface area (Å²) in [6.07, 6.45) is 0.288. The molecule has 152 valence electrons. The number of aromatic hydroxyl groups is 1. The molecule has 1 aliphatic rings. The average Bonchev–Trinajstić information content (AvgIpc) is 2.79. The Hall–Kier alpha value is -3.15. The molecule has 0 aromatic heterocycles. The standard InChI is InChI=1S/C24H21ClN2O3/c1-30-24(29)17-8-6-16(7-9-17)23-26-20(15-10-12-18(25)13-11-15)14-21(27-23)19-4-2-3-5-22(19)28/h2-13,21,23,27-28H,14H2,1H3. The van der Waals surface area contributed by atoms with Crippen molar-refractivity contribution in [3.8, 4) is 5.75 Å². The van der Waals surface area contributed by atoms with Gasteiger partial charge in [-0.05, 0) is 41.5 Å². The number of esters is 1. The molecule has 0 radical (unpaired) electrons. The van der Waals surface area contributed by atoms with Crippen LogP contribution in [0.25, 0.3) is 0 Å². The molecule has 0 saturated carbocycles. The fraction of sp³-hybridized carbons (Fsp3) is 0.167. The van der Waals surface area contributed by atoms with E-state index < -0.39 is 0 Å². The number of aliphatic imine (C=N–C) groups is 1. The van der Waals surface area contributed by atoms with E-state index in [0.717, 1.165) is 22.4 Å². The van der Waals surface area contributed by atoms with Gasteiger partial charge in [0.15, 0.2) is 0 Å². The van der Waals surface area contributed by atoms with Gasteiger partial charge < -0.3 is 9.84 Å². The van der Waals surface area contributed by atoms with Crippen LogP contribution in [-0.2, 0) is 4.74 Å². The number of carbonyl (C=O) groups is 1. The zero-order valence-corrected chi connectivity index (χ0v) is 17.1. The lowest BCUT2D eigenvalue weighted by atomic mass is 9.93. The normalized spacial score (nSPS) is 18.5. The lowest BCUT2D eigenvalue weighted by Crippen LogP contribution is -2.33. The number of carbonyl (C=O) groups excluding carboxylic acids is 1. The van der Waals surface area contributed by atoms with E-state index in [0.29, 0.717) is 17.0 Å². The molecular formula is C24H21ClN2O3. The van der Waals surface area contributed by atoms with Gasteiger partial charge in [-0.25, -0.2) is 4.79 Å². The molecule has 2 unspecified atom stereocenters. The molecule has 3 aromatic carbocycles. The van der Waals surface area contributed by atoms with Crippen LogP contribution in [0.15, 0.2) is 77.8 Å². The van der Waals surface area contributed by atoms with E-state index in [1.54, 1.807) is 24.3 Å². The molecule has 2 atom stereocenters. The van der Waals surface area contributed by atoms with Crippen LogP contribution in [0, 0.1) is 0 Å². The zero-order valence-electron chi connectivity index (χ0n) is 16.4. The van der Waals surface area contributed by atoms with Crippen molar-refractivity contribution in [1.82, 2.24) is 5.32 Å². The third-order valence-corrected chi connectivity index (χ3v) is 5.43. The average molecular weight is 421 g/mol. The number of benzene rings is 3. The SMILES string of the molecule is COC(=O)c1ccc(C2N=C(c3ccc(Cl)cc3)CC(c3ccccc3O)N2)cc1. The fourth-order valence-corrected chi connectivity index (χ4v) is 3.72. The minimum absolute atomic E-state index is 0.125. The van der Waals surface area contributed by atoms with Crippen LogP contribution in [0.2, 0.25) is 5.02 Å². The predicted molar refractivity (Wildman–Crippen MR) is 117 cm³/mol. The van der Waals surface area contributed by atoms with Gasteiger partial charge >= 0.3 is 5.97 Å². The Morgan fingerprint density at radius 1 is 1.07 bits per heavy atom. The van der Waals surface area contributed by atoms with Crippen LogP contribution < -0.4 is 5.32 Å². The van der Waals surface area contributed by atoms with Gasteiger partial charge in [-0.15, -0.1) is 0 Å². The van der Waals surface area contributed by atoms with Crippen molar-refractivity contribution in [2.24, 2.45) is 4.99 Å². The van der Waals surface area contributed by atoms with Crippen molar-refractivity contribution in [3.05, 3.63) is 100 Å². The molecule has 30 heavy (non-hydrogen) atoms. The van der Waals surface area contributed by atoms with Crippen molar-refractivity contribution in [1.29, 1.82) is 0 Å². The van der Waals surface area contributed by atoms with Crippen molar-refractivity contribution in [2.45, 2.75) is 18.6 Å². The summed E-state index contributed by atoms with van der Waals surface area (Å²) in [6, 6.07) is 21.9. The van der Waals surface area contributed by atoms with Gasteiger partial charge in [0.05, 0.1) is 12.7 Å². The first-order valence-electron chi connectivity index (χ1n) is 9.60. The first-order valence-corrected chi connectivity index (χ1v) is 9.98. The molecule has 0 saturated heterocycles. The number of phenols is 1. The topological polar surface area (TPSA) is 70.9 Å². The van der Waals surface area contributed by atoms with Gasteiger partial charge in [0.2, 0.25) is 0 Å². The number of hydrogen-bond acceptors (Lipinski definition) is 5. The van der Waals surface area contributed by atoms with Gasteiger partial charge in [0.1, 0.15) is 11.9 Å². The third-order valence-electron chi connectivity index (χ3n) is 5.18. The highest BCUT2D eigenvalue weighted by Crippen LogP contribution is 2.34. The highest BCUT2D eigenvalue weighted by atomic mass is 35.5. The number of rotatable bonds is 4. The van der Waals surface area contributed by atoms with Crippen LogP contribution in [0.4, 0.5) is 0 Å². The van der Waals surface area contributed by atoms with Gasteiger partial charge in [-0.3, -0.25) is 10.3 Å². The summed E-state index contributed by atoms with van der Waals surface area (Å²) in [4.78, 5) is 16.7. The molecule has 0 bridgehead atoms. The summed E-state index contributed by atoms with van der Waals surface area (Å²) in [5.74, 6) is -0.136. The van der Waals surface area contributed by atoms with Crippen LogP contribution >= 0.6 is 11.6 Å². The zero-order chi connectivity index (χ0) is 21.1. The van der Waals surface area contributed by atoms with E-state index in [2.05, 4.69) is 5.32 Å². The summed E-state index contributed by atoms with van der Waals surface area (Å²) >= 11 is 6.05. The van der Waals surface area contributed by atoms with Crippen molar-refractivity contribution in [3.63, 3.8) is 0 Å². The molecule has 0 aliphatic carbocycles. The summed E-state index contributed by atoms with van der Waals surface area (Å²) in [6.45, 7) is 0. The van der Waals surface area contributed by atoms with Gasteiger partial charge in [-0.2, -0.15) is 0 Å². The van der Waals surface area contributed by atoms with E-state index in [1.165, 1.54) is 7.11 Å². The summed E-state index contributed by atoms with van der Waals surface area (Å²) < 4.78 is 4.77. The molecule has 6 heteroatoms. The molecule has 0 spiro atoms. The second-order valence-corrected chi connectivity index (χ2v) is 7.52. The maximum Gasteiger partial charge on any atom is 0.337 e. The molecule has 1 aliphatic heterocycles.